The van der Waals surface area contributed by atoms with Crippen molar-refractivity contribution < 1.29 is 3.89 Å². The molecule has 2 heterocycles. The smallest absolute Gasteiger partial charge is 0.112 e. The lowest BCUT2D eigenvalue weighted by Crippen LogP contribution is -1.94. The first kappa shape index (κ1) is 13.6. The Kier molecular flexibility index (Phi) is 3.83. The van der Waals surface area contributed by atoms with Crippen molar-refractivity contribution in [2.75, 3.05) is 5.32 Å². The van der Waals surface area contributed by atoms with E-state index in [0.717, 1.165) is 28.0 Å². The van der Waals surface area contributed by atoms with Gasteiger partial charge in [-0.15, -0.1) is 0 Å². The summed E-state index contributed by atoms with van der Waals surface area (Å²) < 4.78 is 12.5. The zero-order valence-corrected chi connectivity index (χ0v) is 11.9. The summed E-state index contributed by atoms with van der Waals surface area (Å²) in [5.41, 5.74) is 4.15. The molecule has 0 fully saturated rings. The van der Waals surface area contributed by atoms with Crippen LogP contribution in [-0.2, 0) is 0 Å². The van der Waals surface area contributed by atoms with E-state index in [2.05, 4.69) is 21.9 Å². The van der Waals surface area contributed by atoms with E-state index in [4.69, 9.17) is 0 Å². The number of fused-ring (bicyclic) bond motifs is 1. The predicted molar refractivity (Wildman–Crippen MR) is 85.8 cm³/mol. The molecule has 21 heavy (non-hydrogen) atoms. The van der Waals surface area contributed by atoms with E-state index in [-0.39, 0.29) is 12.1 Å². The lowest BCUT2D eigenvalue weighted by atomic mass is 10.1. The number of nitrogens with one attached hydrogen (secondary N) is 1. The second kappa shape index (κ2) is 5.93. The highest BCUT2D eigenvalue weighted by Gasteiger charge is 2.08. The molecule has 3 aromatic rings. The summed E-state index contributed by atoms with van der Waals surface area (Å²) in [6, 6.07) is 12.8. The lowest BCUT2D eigenvalue weighted by Gasteiger charge is -2.09. The second-order valence-corrected chi connectivity index (χ2v) is 5.00. The SMILES string of the molecule is C=CNc1cc(-c2ccc(SF)cc2)nc2cccnc12. The van der Waals surface area contributed by atoms with Crippen LogP contribution in [0.2, 0.25) is 0 Å². The summed E-state index contributed by atoms with van der Waals surface area (Å²) in [5, 5.41) is 3.08. The Labute approximate surface area is 126 Å². The number of benzene rings is 1. The lowest BCUT2D eigenvalue weighted by molar-refractivity contribution is 0.934. The summed E-state index contributed by atoms with van der Waals surface area (Å²) in [4.78, 5) is 9.52. The molecule has 0 bridgehead atoms. The Morgan fingerprint density at radius 2 is 2.00 bits per heavy atom. The summed E-state index contributed by atoms with van der Waals surface area (Å²) in [7, 11) is 0. The fraction of sp³-hybridized carbons (Fsp3) is 0. The van der Waals surface area contributed by atoms with Crippen molar-refractivity contribution in [3.8, 4) is 11.3 Å². The Morgan fingerprint density at radius 3 is 2.71 bits per heavy atom. The summed E-state index contributed by atoms with van der Waals surface area (Å²) in [6.45, 7) is 3.68. The summed E-state index contributed by atoms with van der Waals surface area (Å²) in [6.07, 6.45) is 3.33. The Balaban J connectivity index is 2.15. The van der Waals surface area contributed by atoms with E-state index in [0.29, 0.717) is 4.90 Å². The van der Waals surface area contributed by atoms with Gasteiger partial charge in [0.2, 0.25) is 0 Å². The van der Waals surface area contributed by atoms with Crippen LogP contribution in [0, 0.1) is 0 Å². The number of pyridine rings is 2. The fourth-order valence-corrected chi connectivity index (χ4v) is 2.35. The van der Waals surface area contributed by atoms with E-state index in [1.165, 1.54) is 0 Å². The molecule has 0 atom stereocenters. The number of halogens is 1. The number of hydrogen-bond donors (Lipinski definition) is 1. The van der Waals surface area contributed by atoms with Gasteiger partial charge < -0.3 is 5.32 Å². The molecule has 0 saturated heterocycles. The van der Waals surface area contributed by atoms with Crippen LogP contribution in [0.3, 0.4) is 0 Å². The standard InChI is InChI=1S/C16H12FN3S/c1-2-18-15-10-14(11-5-7-12(21-17)8-6-11)20-13-4-3-9-19-16(13)15/h2-10H,1H2,(H,18,20). The fourth-order valence-electron chi connectivity index (χ4n) is 2.11. The van der Waals surface area contributed by atoms with Crippen molar-refractivity contribution in [2.45, 2.75) is 4.90 Å². The van der Waals surface area contributed by atoms with Gasteiger partial charge in [0.05, 0.1) is 29.0 Å². The largest absolute Gasteiger partial charge is 0.360 e. The zero-order valence-electron chi connectivity index (χ0n) is 11.1. The number of aromatic nitrogens is 2. The summed E-state index contributed by atoms with van der Waals surface area (Å²) in [5.74, 6) is 0. The van der Waals surface area contributed by atoms with Crippen LogP contribution in [0.25, 0.3) is 22.3 Å². The minimum atomic E-state index is 0.231. The molecule has 2 aromatic heterocycles. The molecule has 104 valence electrons. The van der Waals surface area contributed by atoms with Gasteiger partial charge in [-0.3, -0.25) is 4.98 Å². The highest BCUT2D eigenvalue weighted by Crippen LogP contribution is 2.28. The number of nitrogens with zero attached hydrogens (tertiary/aromatic N) is 2. The number of hydrogen-bond acceptors (Lipinski definition) is 4. The number of anilines is 1. The van der Waals surface area contributed by atoms with Crippen molar-refractivity contribution in [1.29, 1.82) is 0 Å². The molecule has 5 heteroatoms. The van der Waals surface area contributed by atoms with Crippen molar-refractivity contribution in [3.63, 3.8) is 0 Å². The van der Waals surface area contributed by atoms with E-state index in [1.807, 2.05) is 30.3 Å². The predicted octanol–water partition coefficient (Wildman–Crippen LogP) is 4.83. The van der Waals surface area contributed by atoms with Gasteiger partial charge >= 0.3 is 0 Å². The van der Waals surface area contributed by atoms with E-state index in [1.54, 1.807) is 24.5 Å². The molecule has 0 radical (unpaired) electrons. The molecule has 0 aliphatic rings. The third-order valence-electron chi connectivity index (χ3n) is 3.06. The normalized spacial score (nSPS) is 10.5. The van der Waals surface area contributed by atoms with E-state index < -0.39 is 0 Å². The number of rotatable bonds is 4. The van der Waals surface area contributed by atoms with Crippen LogP contribution >= 0.6 is 12.1 Å². The first-order valence-electron chi connectivity index (χ1n) is 6.34. The Morgan fingerprint density at radius 1 is 1.19 bits per heavy atom. The molecule has 1 N–H and O–H groups in total. The average Bonchev–Trinajstić information content (AvgIpc) is 2.55. The molecule has 0 aliphatic carbocycles. The topological polar surface area (TPSA) is 37.8 Å². The molecular weight excluding hydrogens is 285 g/mol. The third-order valence-corrected chi connectivity index (χ3v) is 3.51. The molecule has 0 unspecified atom stereocenters. The summed E-state index contributed by atoms with van der Waals surface area (Å²) >= 11 is 0.231. The Bertz CT molecular complexity index is 787. The maximum absolute atomic E-state index is 12.5. The molecule has 3 rings (SSSR count). The van der Waals surface area contributed by atoms with Gasteiger partial charge in [-0.2, -0.15) is 3.89 Å². The van der Waals surface area contributed by atoms with Crippen LogP contribution in [0.4, 0.5) is 9.57 Å². The molecular formula is C16H12FN3S. The third kappa shape index (κ3) is 2.73. The Hall–Kier alpha value is -2.40. The molecule has 3 nitrogen and oxygen atoms in total. The minimum absolute atomic E-state index is 0.231. The first-order chi connectivity index (χ1) is 10.3. The van der Waals surface area contributed by atoms with Crippen molar-refractivity contribution in [3.05, 3.63) is 61.4 Å². The van der Waals surface area contributed by atoms with Gasteiger partial charge in [0, 0.05) is 16.7 Å². The second-order valence-electron chi connectivity index (χ2n) is 4.38. The molecule has 0 aliphatic heterocycles. The zero-order chi connectivity index (χ0) is 14.7. The maximum atomic E-state index is 12.5. The highest BCUT2D eigenvalue weighted by molar-refractivity contribution is 7.94. The van der Waals surface area contributed by atoms with Gasteiger partial charge in [0.1, 0.15) is 5.52 Å². The van der Waals surface area contributed by atoms with E-state index in [9.17, 15) is 3.89 Å². The van der Waals surface area contributed by atoms with Gasteiger partial charge in [0.15, 0.2) is 0 Å². The van der Waals surface area contributed by atoms with Crippen LogP contribution in [0.15, 0.2) is 66.3 Å². The quantitative estimate of drug-likeness (QED) is 0.748. The van der Waals surface area contributed by atoms with Crippen molar-refractivity contribution in [1.82, 2.24) is 9.97 Å². The van der Waals surface area contributed by atoms with Gasteiger partial charge in [0.25, 0.3) is 0 Å². The van der Waals surface area contributed by atoms with Crippen LogP contribution < -0.4 is 5.32 Å². The minimum Gasteiger partial charge on any atom is -0.360 e. The molecule has 0 amide bonds. The van der Waals surface area contributed by atoms with Crippen molar-refractivity contribution in [2.24, 2.45) is 0 Å². The highest BCUT2D eigenvalue weighted by atomic mass is 32.2. The van der Waals surface area contributed by atoms with Crippen LogP contribution in [-0.4, -0.2) is 9.97 Å². The van der Waals surface area contributed by atoms with Crippen molar-refractivity contribution >= 4 is 28.9 Å². The first-order valence-corrected chi connectivity index (χ1v) is 7.06. The van der Waals surface area contributed by atoms with Crippen LogP contribution in [0.5, 0.6) is 0 Å². The van der Waals surface area contributed by atoms with E-state index >= 15 is 0 Å². The average molecular weight is 297 g/mol. The van der Waals surface area contributed by atoms with Crippen LogP contribution in [0.1, 0.15) is 0 Å². The molecule has 1 aromatic carbocycles. The molecule has 0 spiro atoms. The maximum Gasteiger partial charge on any atom is 0.112 e. The monoisotopic (exact) mass is 297 g/mol. The van der Waals surface area contributed by atoms with Gasteiger partial charge in [-0.25, -0.2) is 4.98 Å². The molecule has 0 saturated carbocycles. The van der Waals surface area contributed by atoms with Gasteiger partial charge in [-0.05, 0) is 36.5 Å². The van der Waals surface area contributed by atoms with Gasteiger partial charge in [-0.1, -0.05) is 18.7 Å².